The fraction of sp³-hybridized carbons (Fsp3) is 0.478. The highest BCUT2D eigenvalue weighted by Crippen LogP contribution is 2.38. The van der Waals surface area contributed by atoms with Gasteiger partial charge in [0.2, 0.25) is 11.8 Å². The zero-order valence-electron chi connectivity index (χ0n) is 35.7. The van der Waals surface area contributed by atoms with Gasteiger partial charge in [-0.15, -0.1) is 0 Å². The van der Waals surface area contributed by atoms with Gasteiger partial charge in [-0.25, -0.2) is 19.6 Å². The van der Waals surface area contributed by atoms with Gasteiger partial charge in [-0.05, 0) is 84.7 Å². The first-order chi connectivity index (χ1) is 29.4. The Morgan fingerprint density at radius 2 is 1.18 bits per heavy atom. The zero-order chi connectivity index (χ0) is 43.2. The standard InChI is InChI=1S/C46H56N8O7/c1-27(2)39(51-45(57)59-5)43(55)53-25-28(3)21-37(53)41-47-23-35(49-41)32-13-9-30(10-14-32)7-8-31-11-15-33(16-12-31)36-24-48-42(50-36)38-22-29(4)26-54(38)44(56)40(52-46(58)60-6)34-17-19-61-20-18-34/h9-16,23-24,27-29,34,37-40H,17-22,25-26H2,1-6H3,(H,47,49)(H,48,50)(H,51,57)(H,52,58)/t28-,29-,37-,38-,39+,40-/m0/s1. The number of alkyl carbamates (subject to hydrolysis) is 2. The van der Waals surface area contributed by atoms with Crippen LogP contribution in [-0.4, -0.2) is 106 Å². The van der Waals surface area contributed by atoms with Gasteiger partial charge in [0.15, 0.2) is 0 Å². The van der Waals surface area contributed by atoms with Gasteiger partial charge in [-0.2, -0.15) is 0 Å². The molecule has 15 heteroatoms. The van der Waals surface area contributed by atoms with Crippen molar-refractivity contribution in [1.82, 2.24) is 40.4 Å². The number of rotatable bonds is 10. The lowest BCUT2D eigenvalue weighted by atomic mass is 9.90. The molecule has 15 nitrogen and oxygen atoms in total. The van der Waals surface area contributed by atoms with Gasteiger partial charge >= 0.3 is 12.2 Å². The second-order valence-electron chi connectivity index (χ2n) is 16.9. The number of ether oxygens (including phenoxy) is 3. The van der Waals surface area contributed by atoms with Crippen molar-refractivity contribution in [2.75, 3.05) is 40.5 Å². The summed E-state index contributed by atoms with van der Waals surface area (Å²) in [5.74, 6) is 8.06. The van der Waals surface area contributed by atoms with Crippen LogP contribution in [0.3, 0.4) is 0 Å². The molecular formula is C46H56N8O7. The number of amides is 4. The molecule has 0 unspecified atom stereocenters. The second kappa shape index (κ2) is 19.1. The molecule has 5 heterocycles. The molecule has 0 saturated carbocycles. The summed E-state index contributed by atoms with van der Waals surface area (Å²) in [5, 5.41) is 5.52. The van der Waals surface area contributed by atoms with Crippen molar-refractivity contribution in [2.24, 2.45) is 23.7 Å². The molecule has 3 aliphatic rings. The fourth-order valence-corrected chi connectivity index (χ4v) is 8.69. The van der Waals surface area contributed by atoms with Gasteiger partial charge in [-0.3, -0.25) is 9.59 Å². The average Bonchev–Trinajstić information content (AvgIpc) is 4.11. The maximum Gasteiger partial charge on any atom is 0.407 e. The molecule has 0 spiro atoms. The molecule has 4 aromatic rings. The minimum absolute atomic E-state index is 0.0386. The summed E-state index contributed by atoms with van der Waals surface area (Å²) < 4.78 is 15.2. The number of imidazole rings is 2. The third-order valence-electron chi connectivity index (χ3n) is 12.0. The molecule has 61 heavy (non-hydrogen) atoms. The Bertz CT molecular complexity index is 2230. The van der Waals surface area contributed by atoms with Gasteiger partial charge in [0, 0.05) is 37.4 Å². The summed E-state index contributed by atoms with van der Waals surface area (Å²) in [6.45, 7) is 10.3. The van der Waals surface area contributed by atoms with Gasteiger partial charge < -0.3 is 44.6 Å². The third-order valence-corrected chi connectivity index (χ3v) is 12.0. The molecular weight excluding hydrogens is 777 g/mol. The first kappa shape index (κ1) is 43.0. The highest BCUT2D eigenvalue weighted by Gasteiger charge is 2.43. The first-order valence-electron chi connectivity index (χ1n) is 21.1. The number of aromatic amines is 2. The van der Waals surface area contributed by atoms with Crippen LogP contribution in [-0.2, 0) is 23.8 Å². The smallest absolute Gasteiger partial charge is 0.407 e. The van der Waals surface area contributed by atoms with E-state index in [1.807, 2.05) is 72.2 Å². The minimum atomic E-state index is -0.704. The van der Waals surface area contributed by atoms with Crippen molar-refractivity contribution in [3.05, 3.63) is 83.7 Å². The Morgan fingerprint density at radius 1 is 0.721 bits per heavy atom. The van der Waals surface area contributed by atoms with E-state index in [4.69, 9.17) is 19.2 Å². The molecule has 3 fully saturated rings. The first-order valence-corrected chi connectivity index (χ1v) is 21.1. The van der Waals surface area contributed by atoms with Gasteiger partial charge in [0.1, 0.15) is 23.7 Å². The maximum atomic E-state index is 14.1. The fourth-order valence-electron chi connectivity index (χ4n) is 8.69. The number of carbonyl (C=O) groups is 4. The summed E-state index contributed by atoms with van der Waals surface area (Å²) in [6, 6.07) is 14.0. The minimum Gasteiger partial charge on any atom is -0.453 e. The van der Waals surface area contributed by atoms with Crippen molar-refractivity contribution in [2.45, 2.75) is 77.5 Å². The number of hydrogen-bond acceptors (Lipinski definition) is 9. The molecule has 6 atom stereocenters. The van der Waals surface area contributed by atoms with Crippen molar-refractivity contribution in [3.63, 3.8) is 0 Å². The van der Waals surface area contributed by atoms with E-state index in [9.17, 15) is 19.2 Å². The van der Waals surface area contributed by atoms with Crippen LogP contribution in [0.5, 0.6) is 0 Å². The van der Waals surface area contributed by atoms with Crippen LogP contribution in [0.2, 0.25) is 0 Å². The molecule has 2 aromatic heterocycles. The molecule has 4 amide bonds. The molecule has 7 rings (SSSR count). The van der Waals surface area contributed by atoms with E-state index < -0.39 is 24.3 Å². The summed E-state index contributed by atoms with van der Waals surface area (Å²) in [4.78, 5) is 72.0. The lowest BCUT2D eigenvalue weighted by molar-refractivity contribution is -0.137. The number of aromatic nitrogens is 4. The van der Waals surface area contributed by atoms with Gasteiger partial charge in [-0.1, -0.05) is 63.8 Å². The Kier molecular flexibility index (Phi) is 13.4. The van der Waals surface area contributed by atoms with E-state index in [-0.39, 0.29) is 47.6 Å². The van der Waals surface area contributed by atoms with Crippen LogP contribution < -0.4 is 10.6 Å². The number of nitrogens with zero attached hydrogens (tertiary/aromatic N) is 4. The lowest BCUT2D eigenvalue weighted by Crippen LogP contribution is -2.53. The largest absolute Gasteiger partial charge is 0.453 e. The molecule has 4 N–H and O–H groups in total. The molecule has 3 saturated heterocycles. The van der Waals surface area contributed by atoms with Gasteiger partial charge in [0.05, 0.1) is 50.1 Å². The maximum absolute atomic E-state index is 14.1. The van der Waals surface area contributed by atoms with E-state index in [0.29, 0.717) is 50.8 Å². The molecule has 3 aliphatic heterocycles. The number of methoxy groups -OCH3 is 2. The van der Waals surface area contributed by atoms with Crippen molar-refractivity contribution < 1.29 is 33.4 Å². The Labute approximate surface area is 356 Å². The number of H-pyrrole nitrogens is 2. The van der Waals surface area contributed by atoms with E-state index >= 15 is 0 Å². The summed E-state index contributed by atoms with van der Waals surface area (Å²) in [7, 11) is 2.59. The Hall–Kier alpha value is -6.14. The van der Waals surface area contributed by atoms with Crippen molar-refractivity contribution in [1.29, 1.82) is 0 Å². The lowest BCUT2D eigenvalue weighted by Gasteiger charge is -2.34. The monoisotopic (exact) mass is 832 g/mol. The topological polar surface area (TPSA) is 184 Å². The van der Waals surface area contributed by atoms with Crippen LogP contribution in [0, 0.1) is 35.5 Å². The van der Waals surface area contributed by atoms with Crippen LogP contribution in [0.15, 0.2) is 60.9 Å². The number of carbonyl (C=O) groups excluding carboxylic acids is 4. The molecule has 0 radical (unpaired) electrons. The zero-order valence-corrected chi connectivity index (χ0v) is 35.7. The number of likely N-dealkylation sites (tertiary alicyclic amines) is 2. The molecule has 0 aliphatic carbocycles. The number of benzene rings is 2. The highest BCUT2D eigenvalue weighted by molar-refractivity contribution is 5.87. The summed E-state index contributed by atoms with van der Waals surface area (Å²) >= 11 is 0. The molecule has 2 aromatic carbocycles. The van der Waals surface area contributed by atoms with Crippen molar-refractivity contribution in [3.8, 4) is 34.4 Å². The predicted molar refractivity (Wildman–Crippen MR) is 228 cm³/mol. The normalized spacial score (nSPS) is 21.4. The Morgan fingerprint density at radius 3 is 1.64 bits per heavy atom. The summed E-state index contributed by atoms with van der Waals surface area (Å²) in [6.07, 6.45) is 5.23. The van der Waals surface area contributed by atoms with Gasteiger partial charge in [0.25, 0.3) is 0 Å². The second-order valence-corrected chi connectivity index (χ2v) is 16.9. The van der Waals surface area contributed by atoms with E-state index in [1.165, 1.54) is 14.2 Å². The molecule has 322 valence electrons. The average molecular weight is 833 g/mol. The van der Waals surface area contributed by atoms with Crippen LogP contribution >= 0.6 is 0 Å². The van der Waals surface area contributed by atoms with Crippen LogP contribution in [0.1, 0.15) is 88.2 Å². The third kappa shape index (κ3) is 9.92. The number of nitrogens with one attached hydrogen (secondary N) is 4. The van der Waals surface area contributed by atoms with Crippen LogP contribution in [0.4, 0.5) is 9.59 Å². The number of hydrogen-bond donors (Lipinski definition) is 4. The quantitative estimate of drug-likeness (QED) is 0.135. The van der Waals surface area contributed by atoms with E-state index in [0.717, 1.165) is 46.5 Å². The van der Waals surface area contributed by atoms with Crippen molar-refractivity contribution >= 4 is 24.0 Å². The highest BCUT2D eigenvalue weighted by atomic mass is 16.5. The summed E-state index contributed by atoms with van der Waals surface area (Å²) in [5.41, 5.74) is 5.28. The molecule has 0 bridgehead atoms. The van der Waals surface area contributed by atoms with E-state index in [2.05, 4.69) is 51.3 Å². The van der Waals surface area contributed by atoms with E-state index in [1.54, 1.807) is 12.4 Å². The van der Waals surface area contributed by atoms with Crippen LogP contribution in [0.25, 0.3) is 22.5 Å². The predicted octanol–water partition coefficient (Wildman–Crippen LogP) is 6.22. The Balaban J connectivity index is 0.988. The SMILES string of the molecule is COC(=O)N[C@H](C(=O)N1C[C@@H](C)C[C@H]1c1ncc(-c2ccc(C#Cc3ccc(-c4cnc([C@@H]5C[C@H](C)CN5C(=O)[C@H](NC(=O)OC)C(C)C)[nH]4)cc3)cc2)[nH]1)C1CCOCC1.